The Morgan fingerprint density at radius 1 is 0.850 bits per heavy atom. The van der Waals surface area contributed by atoms with Crippen molar-refractivity contribution in [3.63, 3.8) is 0 Å². The molecule has 0 saturated heterocycles. The maximum atomic E-state index is 11.2. The fourth-order valence-electron chi connectivity index (χ4n) is 4.14. The summed E-state index contributed by atoms with van der Waals surface area (Å²) in [6.07, 6.45) is 5.68. The summed E-state index contributed by atoms with van der Waals surface area (Å²) in [6.45, 7) is 13.2. The molecule has 0 aromatic heterocycles. The van der Waals surface area contributed by atoms with Crippen molar-refractivity contribution >= 4 is 0 Å². The van der Waals surface area contributed by atoms with E-state index >= 15 is 0 Å². The van der Waals surface area contributed by atoms with Crippen LogP contribution in [0.2, 0.25) is 0 Å². The lowest BCUT2D eigenvalue weighted by atomic mass is 9.72. The lowest BCUT2D eigenvalue weighted by molar-refractivity contribution is 0.0227. The standard InChI is InChI=1S/C19H30O/c1-7-19(10-8-9-11-19)18(20)17-15(5)13(3)12(2)14(4)16(17)6/h18,20H,7-11H2,1-6H3. The molecule has 1 aromatic rings. The first-order valence-electron chi connectivity index (χ1n) is 8.10. The van der Waals surface area contributed by atoms with Gasteiger partial charge >= 0.3 is 0 Å². The first-order valence-corrected chi connectivity index (χ1v) is 8.10. The molecule has 1 heteroatoms. The van der Waals surface area contributed by atoms with Crippen molar-refractivity contribution in [1.29, 1.82) is 0 Å². The number of aliphatic hydroxyl groups is 1. The van der Waals surface area contributed by atoms with Crippen LogP contribution in [0, 0.1) is 40.0 Å². The number of rotatable bonds is 3. The SMILES string of the molecule is CCC1(C(O)c2c(C)c(C)c(C)c(C)c2C)CCCC1. The molecule has 1 unspecified atom stereocenters. The number of aliphatic hydroxyl groups excluding tert-OH is 1. The van der Waals surface area contributed by atoms with Crippen molar-refractivity contribution in [3.05, 3.63) is 33.4 Å². The molecule has 1 fully saturated rings. The molecule has 20 heavy (non-hydrogen) atoms. The van der Waals surface area contributed by atoms with Gasteiger partial charge in [-0.15, -0.1) is 0 Å². The minimum atomic E-state index is -0.298. The predicted octanol–water partition coefficient (Wildman–Crippen LogP) is 5.23. The highest BCUT2D eigenvalue weighted by Crippen LogP contribution is 2.51. The van der Waals surface area contributed by atoms with Gasteiger partial charge in [-0.05, 0) is 87.3 Å². The van der Waals surface area contributed by atoms with E-state index in [4.69, 9.17) is 0 Å². The Bertz CT molecular complexity index is 478. The topological polar surface area (TPSA) is 20.2 Å². The molecule has 2 rings (SSSR count). The van der Waals surface area contributed by atoms with E-state index in [1.807, 2.05) is 0 Å². The van der Waals surface area contributed by atoms with Crippen molar-refractivity contribution in [2.24, 2.45) is 5.41 Å². The first-order chi connectivity index (χ1) is 9.35. The zero-order chi connectivity index (χ0) is 15.1. The second-order valence-electron chi connectivity index (χ2n) is 6.86. The maximum Gasteiger partial charge on any atom is 0.0851 e. The molecule has 1 aliphatic carbocycles. The summed E-state index contributed by atoms with van der Waals surface area (Å²) in [6, 6.07) is 0. The Morgan fingerprint density at radius 2 is 1.25 bits per heavy atom. The lowest BCUT2D eigenvalue weighted by Crippen LogP contribution is -2.27. The molecular formula is C19H30O. The van der Waals surface area contributed by atoms with E-state index in [-0.39, 0.29) is 11.5 Å². The van der Waals surface area contributed by atoms with E-state index in [1.54, 1.807) is 0 Å². The van der Waals surface area contributed by atoms with Crippen molar-refractivity contribution in [2.75, 3.05) is 0 Å². The highest BCUT2D eigenvalue weighted by molar-refractivity contribution is 5.50. The molecule has 1 aromatic carbocycles. The average Bonchev–Trinajstić information content (AvgIpc) is 2.93. The fraction of sp³-hybridized carbons (Fsp3) is 0.684. The zero-order valence-corrected chi connectivity index (χ0v) is 14.1. The van der Waals surface area contributed by atoms with Crippen LogP contribution in [0.25, 0.3) is 0 Å². The highest BCUT2D eigenvalue weighted by Gasteiger charge is 2.41. The van der Waals surface area contributed by atoms with E-state index in [1.165, 1.54) is 59.1 Å². The first kappa shape index (κ1) is 15.6. The van der Waals surface area contributed by atoms with Gasteiger partial charge in [0.25, 0.3) is 0 Å². The van der Waals surface area contributed by atoms with Crippen LogP contribution in [0.5, 0.6) is 0 Å². The summed E-state index contributed by atoms with van der Waals surface area (Å²) in [5.41, 5.74) is 8.03. The van der Waals surface area contributed by atoms with Gasteiger partial charge in [-0.2, -0.15) is 0 Å². The smallest absolute Gasteiger partial charge is 0.0851 e. The van der Waals surface area contributed by atoms with Gasteiger partial charge in [0.05, 0.1) is 6.10 Å². The lowest BCUT2D eigenvalue weighted by Gasteiger charge is -2.36. The predicted molar refractivity (Wildman–Crippen MR) is 86.3 cm³/mol. The monoisotopic (exact) mass is 274 g/mol. The average molecular weight is 274 g/mol. The molecule has 0 bridgehead atoms. The summed E-state index contributed by atoms with van der Waals surface area (Å²) >= 11 is 0. The third kappa shape index (κ3) is 2.20. The van der Waals surface area contributed by atoms with Crippen LogP contribution in [-0.2, 0) is 0 Å². The van der Waals surface area contributed by atoms with Gasteiger partial charge in [-0.25, -0.2) is 0 Å². The molecular weight excluding hydrogens is 244 g/mol. The molecule has 0 spiro atoms. The van der Waals surface area contributed by atoms with Gasteiger partial charge in [-0.1, -0.05) is 19.8 Å². The van der Waals surface area contributed by atoms with Gasteiger partial charge < -0.3 is 5.11 Å². The molecule has 0 heterocycles. The molecule has 112 valence electrons. The molecule has 0 aliphatic heterocycles. The molecule has 1 atom stereocenters. The summed E-state index contributed by atoms with van der Waals surface area (Å²) in [7, 11) is 0. The van der Waals surface area contributed by atoms with Crippen molar-refractivity contribution < 1.29 is 5.11 Å². The molecule has 0 amide bonds. The molecule has 1 N–H and O–H groups in total. The van der Waals surface area contributed by atoms with Crippen LogP contribution in [0.4, 0.5) is 0 Å². The minimum absolute atomic E-state index is 0.115. The van der Waals surface area contributed by atoms with Gasteiger partial charge in [0, 0.05) is 5.41 Å². The molecule has 0 radical (unpaired) electrons. The third-order valence-corrected chi connectivity index (χ3v) is 6.21. The van der Waals surface area contributed by atoms with Gasteiger partial charge in [-0.3, -0.25) is 0 Å². The van der Waals surface area contributed by atoms with Crippen molar-refractivity contribution in [3.8, 4) is 0 Å². The number of benzene rings is 1. The Labute approximate surface area is 124 Å². The van der Waals surface area contributed by atoms with E-state index in [9.17, 15) is 5.11 Å². The van der Waals surface area contributed by atoms with E-state index in [0.29, 0.717) is 0 Å². The highest BCUT2D eigenvalue weighted by atomic mass is 16.3. The van der Waals surface area contributed by atoms with Gasteiger partial charge in [0.15, 0.2) is 0 Å². The number of hydrogen-bond acceptors (Lipinski definition) is 1. The summed E-state index contributed by atoms with van der Waals surface area (Å²) in [5.74, 6) is 0. The number of hydrogen-bond donors (Lipinski definition) is 1. The van der Waals surface area contributed by atoms with Gasteiger partial charge in [0.2, 0.25) is 0 Å². The van der Waals surface area contributed by atoms with Crippen molar-refractivity contribution in [2.45, 2.75) is 79.8 Å². The largest absolute Gasteiger partial charge is 0.388 e. The van der Waals surface area contributed by atoms with Crippen LogP contribution in [-0.4, -0.2) is 5.11 Å². The van der Waals surface area contributed by atoms with E-state index < -0.39 is 0 Å². The maximum absolute atomic E-state index is 11.2. The van der Waals surface area contributed by atoms with E-state index in [0.717, 1.165) is 6.42 Å². The zero-order valence-electron chi connectivity index (χ0n) is 14.1. The van der Waals surface area contributed by atoms with Gasteiger partial charge in [0.1, 0.15) is 0 Å². The summed E-state index contributed by atoms with van der Waals surface area (Å²) < 4.78 is 0. The van der Waals surface area contributed by atoms with Crippen LogP contribution >= 0.6 is 0 Å². The van der Waals surface area contributed by atoms with Crippen LogP contribution in [0.3, 0.4) is 0 Å². The second-order valence-corrected chi connectivity index (χ2v) is 6.86. The molecule has 1 saturated carbocycles. The van der Waals surface area contributed by atoms with Crippen LogP contribution in [0.1, 0.15) is 78.5 Å². The summed E-state index contributed by atoms with van der Waals surface area (Å²) in [4.78, 5) is 0. The van der Waals surface area contributed by atoms with Crippen LogP contribution < -0.4 is 0 Å². The minimum Gasteiger partial charge on any atom is -0.388 e. The molecule has 1 aliphatic rings. The van der Waals surface area contributed by atoms with Crippen LogP contribution in [0.15, 0.2) is 0 Å². The summed E-state index contributed by atoms with van der Waals surface area (Å²) in [5, 5.41) is 11.2. The van der Waals surface area contributed by atoms with Crippen molar-refractivity contribution in [1.82, 2.24) is 0 Å². The molecule has 1 nitrogen and oxygen atoms in total. The fourth-order valence-corrected chi connectivity index (χ4v) is 4.14. The second kappa shape index (κ2) is 5.52. The Morgan fingerprint density at radius 3 is 1.65 bits per heavy atom. The normalized spacial score (nSPS) is 19.4. The third-order valence-electron chi connectivity index (χ3n) is 6.21. The van der Waals surface area contributed by atoms with E-state index in [2.05, 4.69) is 41.5 Å². The quantitative estimate of drug-likeness (QED) is 0.800. The Hall–Kier alpha value is -0.820. The Kier molecular flexibility index (Phi) is 4.30. The Balaban J connectivity index is 2.58.